The molecule has 0 radical (unpaired) electrons. The van der Waals surface area contributed by atoms with E-state index in [0.29, 0.717) is 0 Å². The van der Waals surface area contributed by atoms with Crippen LogP contribution in [0.4, 0.5) is 4.39 Å². The van der Waals surface area contributed by atoms with Crippen molar-refractivity contribution < 1.29 is 23.8 Å². The minimum atomic E-state index is -0.969. The van der Waals surface area contributed by atoms with E-state index in [9.17, 15) is 14.0 Å². The zero-order valence-corrected chi connectivity index (χ0v) is 12.2. The van der Waals surface area contributed by atoms with E-state index < -0.39 is 23.7 Å². The lowest BCUT2D eigenvalue weighted by Crippen LogP contribution is -2.22. The summed E-state index contributed by atoms with van der Waals surface area (Å²) in [5, 5.41) is 11.2. The molecule has 0 fully saturated rings. The quantitative estimate of drug-likeness (QED) is 0.785. The number of aromatic nitrogens is 2. The van der Waals surface area contributed by atoms with Gasteiger partial charge in [0.1, 0.15) is 11.5 Å². The van der Waals surface area contributed by atoms with Gasteiger partial charge in [-0.1, -0.05) is 0 Å². The van der Waals surface area contributed by atoms with Crippen molar-refractivity contribution in [3.05, 3.63) is 52.9 Å². The minimum Gasteiger partial charge on any atom is -0.394 e. The van der Waals surface area contributed by atoms with E-state index in [1.807, 2.05) is 0 Å². The molecule has 0 saturated carbocycles. The maximum atomic E-state index is 14.4. The van der Waals surface area contributed by atoms with E-state index in [2.05, 4.69) is 10.3 Å². The van der Waals surface area contributed by atoms with Crippen LogP contribution in [0.3, 0.4) is 0 Å². The predicted molar refractivity (Wildman–Crippen MR) is 76.3 cm³/mol. The monoisotopic (exact) mass is 319 g/mol. The molecule has 1 aromatic heterocycles. The summed E-state index contributed by atoms with van der Waals surface area (Å²) in [5.74, 6) is -1.72. The van der Waals surface area contributed by atoms with Crippen LogP contribution in [0, 0.1) is 5.82 Å². The molecular weight excluding hydrogens is 305 g/mol. The summed E-state index contributed by atoms with van der Waals surface area (Å²) in [6.07, 6.45) is 2.01. The van der Waals surface area contributed by atoms with Gasteiger partial charge in [-0.15, -0.1) is 0 Å². The molecule has 1 aromatic carbocycles. The van der Waals surface area contributed by atoms with Crippen LogP contribution in [-0.2, 0) is 11.8 Å². The molecule has 0 saturated heterocycles. The molecule has 0 aliphatic carbocycles. The van der Waals surface area contributed by atoms with E-state index in [0.717, 1.165) is 6.07 Å². The number of carbonyl (C=O) groups is 2. The molecule has 8 heteroatoms. The number of carbonyl (C=O) groups excluding carboxylic acids is 2. The number of aliphatic hydroxyl groups is 1. The first-order chi connectivity index (χ1) is 11.0. The highest BCUT2D eigenvalue weighted by molar-refractivity contribution is 6.09. The Morgan fingerprint density at radius 2 is 2.30 bits per heavy atom. The number of ketones is 1. The largest absolute Gasteiger partial charge is 0.394 e. The standard InChI is InChI=1S/C15H14FN3O4/c1-19-6-11(17-7-19)13(21)8-4-9-12(10(16)5-8)15(18-14(9)22)23-3-2-20/h4-7,15,20H,2-3H2,1H3,(H,18,22). The van der Waals surface area contributed by atoms with Gasteiger partial charge < -0.3 is 19.7 Å². The van der Waals surface area contributed by atoms with Gasteiger partial charge in [-0.3, -0.25) is 9.59 Å². The molecule has 0 spiro atoms. The second-order valence-corrected chi connectivity index (χ2v) is 5.12. The number of hydrogen-bond acceptors (Lipinski definition) is 5. The number of nitrogens with zero attached hydrogens (tertiary/aromatic N) is 2. The number of hydrogen-bond donors (Lipinski definition) is 2. The van der Waals surface area contributed by atoms with Crippen molar-refractivity contribution >= 4 is 11.7 Å². The predicted octanol–water partition coefficient (Wildman–Crippen LogP) is 0.541. The molecule has 120 valence electrons. The molecule has 1 unspecified atom stereocenters. The molecule has 1 atom stereocenters. The number of aryl methyl sites for hydroxylation is 1. The summed E-state index contributed by atoms with van der Waals surface area (Å²) < 4.78 is 21.2. The highest BCUT2D eigenvalue weighted by atomic mass is 19.1. The van der Waals surface area contributed by atoms with Crippen molar-refractivity contribution in [2.45, 2.75) is 6.23 Å². The van der Waals surface area contributed by atoms with E-state index in [4.69, 9.17) is 9.84 Å². The van der Waals surface area contributed by atoms with Crippen LogP contribution in [-0.4, -0.2) is 39.6 Å². The molecule has 7 nitrogen and oxygen atoms in total. The van der Waals surface area contributed by atoms with Crippen LogP contribution in [0.5, 0.6) is 0 Å². The number of ether oxygens (including phenoxy) is 1. The number of fused-ring (bicyclic) bond motifs is 1. The van der Waals surface area contributed by atoms with Gasteiger partial charge in [0.2, 0.25) is 5.78 Å². The third-order valence-electron chi connectivity index (χ3n) is 3.47. The Morgan fingerprint density at radius 1 is 1.52 bits per heavy atom. The Morgan fingerprint density at radius 3 is 2.96 bits per heavy atom. The molecule has 2 heterocycles. The van der Waals surface area contributed by atoms with E-state index >= 15 is 0 Å². The number of amides is 1. The minimum absolute atomic E-state index is 0.0397. The smallest absolute Gasteiger partial charge is 0.254 e. The van der Waals surface area contributed by atoms with Crippen LogP contribution in [0.1, 0.15) is 38.2 Å². The van der Waals surface area contributed by atoms with Gasteiger partial charge in [-0.2, -0.15) is 0 Å². The first kappa shape index (κ1) is 15.3. The van der Waals surface area contributed by atoms with Crippen molar-refractivity contribution in [1.82, 2.24) is 14.9 Å². The number of imidazole rings is 1. The summed E-state index contributed by atoms with van der Waals surface area (Å²) in [4.78, 5) is 28.2. The van der Waals surface area contributed by atoms with E-state index in [1.54, 1.807) is 11.6 Å². The summed E-state index contributed by atoms with van der Waals surface area (Å²) in [5.41, 5.74) is 0.296. The van der Waals surface area contributed by atoms with Gasteiger partial charge in [0.25, 0.3) is 5.91 Å². The molecule has 23 heavy (non-hydrogen) atoms. The number of nitrogens with one attached hydrogen (secondary N) is 1. The summed E-state index contributed by atoms with van der Waals surface area (Å²) in [6.45, 7) is -0.294. The Kier molecular flexibility index (Phi) is 3.93. The van der Waals surface area contributed by atoms with Gasteiger partial charge in [0.05, 0.1) is 25.1 Å². The normalized spacial score (nSPS) is 16.3. The van der Waals surface area contributed by atoms with Crippen molar-refractivity contribution in [1.29, 1.82) is 0 Å². The SMILES string of the molecule is Cn1cnc(C(=O)c2cc(F)c3c(c2)C(=O)NC3OCCO)c1. The Bertz CT molecular complexity index is 787. The van der Waals surface area contributed by atoms with Crippen LogP contribution >= 0.6 is 0 Å². The lowest BCUT2D eigenvalue weighted by Gasteiger charge is -2.12. The first-order valence-corrected chi connectivity index (χ1v) is 6.90. The van der Waals surface area contributed by atoms with E-state index in [1.165, 1.54) is 18.6 Å². The van der Waals surface area contributed by atoms with Crippen LogP contribution in [0.15, 0.2) is 24.7 Å². The molecule has 2 N–H and O–H groups in total. The topological polar surface area (TPSA) is 93.5 Å². The van der Waals surface area contributed by atoms with Crippen LogP contribution in [0.2, 0.25) is 0 Å². The second-order valence-electron chi connectivity index (χ2n) is 5.12. The molecule has 0 bridgehead atoms. The fourth-order valence-corrected chi connectivity index (χ4v) is 2.45. The average Bonchev–Trinajstić information content (AvgIpc) is 3.09. The van der Waals surface area contributed by atoms with Gasteiger partial charge in [0.15, 0.2) is 6.23 Å². The van der Waals surface area contributed by atoms with Crippen LogP contribution < -0.4 is 5.32 Å². The Labute approximate surface area is 130 Å². The van der Waals surface area contributed by atoms with Crippen molar-refractivity contribution in [2.75, 3.05) is 13.2 Å². The third kappa shape index (κ3) is 2.73. The first-order valence-electron chi connectivity index (χ1n) is 6.90. The van der Waals surface area contributed by atoms with Crippen LogP contribution in [0.25, 0.3) is 0 Å². The Balaban J connectivity index is 1.98. The van der Waals surface area contributed by atoms with Crippen molar-refractivity contribution in [2.24, 2.45) is 7.05 Å². The zero-order chi connectivity index (χ0) is 16.6. The average molecular weight is 319 g/mol. The summed E-state index contributed by atoms with van der Waals surface area (Å²) >= 11 is 0. The molecule has 1 aliphatic rings. The highest BCUT2D eigenvalue weighted by Crippen LogP contribution is 2.30. The maximum absolute atomic E-state index is 14.4. The molecule has 1 amide bonds. The second kappa shape index (κ2) is 5.90. The molecule has 2 aromatic rings. The van der Waals surface area contributed by atoms with Gasteiger partial charge in [0, 0.05) is 24.4 Å². The Hall–Kier alpha value is -2.58. The van der Waals surface area contributed by atoms with E-state index in [-0.39, 0.29) is 35.6 Å². The highest BCUT2D eigenvalue weighted by Gasteiger charge is 2.33. The molecule has 1 aliphatic heterocycles. The lowest BCUT2D eigenvalue weighted by atomic mass is 10.0. The van der Waals surface area contributed by atoms with Crippen molar-refractivity contribution in [3.8, 4) is 0 Å². The zero-order valence-electron chi connectivity index (χ0n) is 12.2. The number of halogens is 1. The lowest BCUT2D eigenvalue weighted by molar-refractivity contribution is 0.0133. The van der Waals surface area contributed by atoms with Gasteiger partial charge >= 0.3 is 0 Å². The fourth-order valence-electron chi connectivity index (χ4n) is 2.45. The van der Waals surface area contributed by atoms with Crippen molar-refractivity contribution in [3.63, 3.8) is 0 Å². The number of benzene rings is 1. The van der Waals surface area contributed by atoms with Gasteiger partial charge in [-0.25, -0.2) is 9.37 Å². The number of rotatable bonds is 5. The van der Waals surface area contributed by atoms with Gasteiger partial charge in [-0.05, 0) is 12.1 Å². The molecular formula is C15H14FN3O4. The summed E-state index contributed by atoms with van der Waals surface area (Å²) in [7, 11) is 1.71. The summed E-state index contributed by atoms with van der Waals surface area (Å²) in [6, 6.07) is 2.39. The molecule has 3 rings (SSSR count). The third-order valence-corrected chi connectivity index (χ3v) is 3.47. The fraction of sp³-hybridized carbons (Fsp3) is 0.267. The maximum Gasteiger partial charge on any atom is 0.254 e. The number of aliphatic hydroxyl groups excluding tert-OH is 1.